The van der Waals surface area contributed by atoms with Crippen LogP contribution in [-0.4, -0.2) is 0 Å². The van der Waals surface area contributed by atoms with Crippen molar-refractivity contribution in [2.24, 2.45) is 23.7 Å². The molecule has 158 valence electrons. The van der Waals surface area contributed by atoms with Gasteiger partial charge in [-0.25, -0.2) is 0 Å². The molecule has 3 rings (SSSR count). The van der Waals surface area contributed by atoms with Gasteiger partial charge in [0.2, 0.25) is 0 Å². The molecule has 1 aromatic rings. The Balaban J connectivity index is 1.29. The van der Waals surface area contributed by atoms with Crippen molar-refractivity contribution in [1.29, 1.82) is 5.26 Å². The Morgan fingerprint density at radius 2 is 1.52 bits per heavy atom. The van der Waals surface area contributed by atoms with Crippen LogP contribution in [0.5, 0.6) is 0 Å². The van der Waals surface area contributed by atoms with Gasteiger partial charge in [0.05, 0.1) is 0 Å². The molecule has 2 fully saturated rings. The normalized spacial score (nSPS) is 28.1. The summed E-state index contributed by atoms with van der Waals surface area (Å²) in [6, 6.07) is 10.8. The maximum absolute atomic E-state index is 13.2. The quantitative estimate of drug-likeness (QED) is 0.323. The summed E-state index contributed by atoms with van der Waals surface area (Å²) in [5, 5.41) is 8.61. The number of unbranched alkanes of at least 4 members (excludes halogenated alkanes) is 1. The fraction of sp³-hybridized carbons (Fsp3) is 0.667. The highest BCUT2D eigenvalue weighted by Crippen LogP contribution is 2.42. The van der Waals surface area contributed by atoms with Gasteiger partial charge >= 0.3 is 0 Å². The molecule has 1 nitrogen and oxygen atoms in total. The molecule has 0 spiro atoms. The summed E-state index contributed by atoms with van der Waals surface area (Å²) in [6.07, 6.45) is 18.2. The molecule has 0 N–H and O–H groups in total. The van der Waals surface area contributed by atoms with E-state index in [2.05, 4.69) is 31.2 Å². The fourth-order valence-electron chi connectivity index (χ4n) is 5.68. The molecule has 2 saturated carbocycles. The molecule has 1 aromatic carbocycles. The van der Waals surface area contributed by atoms with E-state index in [1.54, 1.807) is 12.1 Å². The van der Waals surface area contributed by atoms with Gasteiger partial charge in [-0.05, 0) is 98.7 Å². The maximum Gasteiger partial charge on any atom is 0.196 e. The smallest absolute Gasteiger partial charge is 0.195 e. The minimum atomic E-state index is -0.591. The molecule has 2 heteroatoms. The molecule has 0 bridgehead atoms. The zero-order chi connectivity index (χ0) is 20.5. The number of nitrogens with zero attached hydrogens (tertiary/aromatic N) is 1. The molecular formula is C27H38FN. The summed E-state index contributed by atoms with van der Waals surface area (Å²) in [7, 11) is 0. The van der Waals surface area contributed by atoms with Crippen LogP contribution in [0.4, 0.5) is 4.39 Å². The van der Waals surface area contributed by atoms with Crippen LogP contribution < -0.4 is 0 Å². The lowest BCUT2D eigenvalue weighted by Gasteiger charge is -2.37. The van der Waals surface area contributed by atoms with E-state index in [4.69, 9.17) is 5.26 Å². The van der Waals surface area contributed by atoms with Crippen molar-refractivity contribution in [3.8, 4) is 6.07 Å². The van der Waals surface area contributed by atoms with Crippen LogP contribution in [0, 0.1) is 35.0 Å². The lowest BCUT2D eigenvalue weighted by molar-refractivity contribution is 0.151. The summed E-state index contributed by atoms with van der Waals surface area (Å²) >= 11 is 0. The zero-order valence-electron chi connectivity index (χ0n) is 18.2. The minimum Gasteiger partial charge on any atom is -0.195 e. The van der Waals surface area contributed by atoms with E-state index in [9.17, 15) is 4.39 Å². The van der Waals surface area contributed by atoms with Gasteiger partial charge in [0.15, 0.2) is 5.83 Å². The third-order valence-electron chi connectivity index (χ3n) is 7.62. The average Bonchev–Trinajstić information content (AvgIpc) is 2.78. The number of nitriles is 1. The molecule has 0 aromatic heterocycles. The van der Waals surface area contributed by atoms with Crippen LogP contribution >= 0.6 is 0 Å². The van der Waals surface area contributed by atoms with Crippen molar-refractivity contribution in [3.63, 3.8) is 0 Å². The molecule has 0 unspecified atom stereocenters. The Hall–Kier alpha value is -1.62. The van der Waals surface area contributed by atoms with Crippen molar-refractivity contribution in [2.45, 2.75) is 90.4 Å². The number of rotatable bonds is 8. The highest BCUT2D eigenvalue weighted by molar-refractivity contribution is 5.22. The minimum absolute atomic E-state index is 0.292. The summed E-state index contributed by atoms with van der Waals surface area (Å²) < 4.78 is 13.2. The first-order chi connectivity index (χ1) is 14.2. The molecule has 0 heterocycles. The van der Waals surface area contributed by atoms with Crippen molar-refractivity contribution < 1.29 is 4.39 Å². The van der Waals surface area contributed by atoms with E-state index in [0.717, 1.165) is 37.0 Å². The second-order valence-corrected chi connectivity index (χ2v) is 9.50. The topological polar surface area (TPSA) is 23.8 Å². The Bertz CT molecular complexity index is 667. The molecule has 2 aliphatic rings. The zero-order valence-corrected chi connectivity index (χ0v) is 18.2. The molecule has 0 atom stereocenters. The standard InChI is InChI=1S/C27H38FN/c1-2-21-7-9-22(10-8-21)5-3-4-6-23-11-15-25(16-12-23)26-17-13-24(14-18-26)19-27(28)20-29/h7-10,19,23-26H,2-6,11-18H2,1H3/t23-,24-,25-,26-. The van der Waals surface area contributed by atoms with Crippen molar-refractivity contribution >= 4 is 0 Å². The Labute approximate surface area is 177 Å². The molecular weight excluding hydrogens is 357 g/mol. The van der Waals surface area contributed by atoms with E-state index in [1.807, 2.05) is 0 Å². The largest absolute Gasteiger partial charge is 0.196 e. The average molecular weight is 396 g/mol. The number of benzene rings is 1. The molecule has 0 amide bonds. The third kappa shape index (κ3) is 6.98. The number of aryl methyl sites for hydroxylation is 2. The fourth-order valence-corrected chi connectivity index (χ4v) is 5.68. The third-order valence-corrected chi connectivity index (χ3v) is 7.62. The molecule has 0 saturated heterocycles. The summed E-state index contributed by atoms with van der Waals surface area (Å²) in [4.78, 5) is 0. The first-order valence-corrected chi connectivity index (χ1v) is 12.0. The summed E-state index contributed by atoms with van der Waals surface area (Å²) in [5.74, 6) is 2.39. The highest BCUT2D eigenvalue weighted by atomic mass is 19.1. The van der Waals surface area contributed by atoms with Gasteiger partial charge in [-0.3, -0.25) is 0 Å². The SMILES string of the molecule is CCc1ccc(CCCC[C@H]2CC[C@H]([C@H]3CC[C@H](C=C(F)C#N)CC3)CC2)cc1. The predicted molar refractivity (Wildman–Crippen MR) is 119 cm³/mol. The van der Waals surface area contributed by atoms with Crippen molar-refractivity contribution in [3.05, 3.63) is 47.3 Å². The van der Waals surface area contributed by atoms with Crippen molar-refractivity contribution in [1.82, 2.24) is 0 Å². The van der Waals surface area contributed by atoms with Crippen molar-refractivity contribution in [2.75, 3.05) is 0 Å². The number of hydrogen-bond donors (Lipinski definition) is 0. The second-order valence-electron chi connectivity index (χ2n) is 9.50. The van der Waals surface area contributed by atoms with E-state index >= 15 is 0 Å². The van der Waals surface area contributed by atoms with E-state index in [-0.39, 0.29) is 0 Å². The van der Waals surface area contributed by atoms with Gasteiger partial charge in [-0.15, -0.1) is 0 Å². The Morgan fingerprint density at radius 1 is 0.931 bits per heavy atom. The van der Waals surface area contributed by atoms with Gasteiger partial charge in [0.1, 0.15) is 6.07 Å². The van der Waals surface area contributed by atoms with Crippen LogP contribution in [0.1, 0.15) is 88.7 Å². The Morgan fingerprint density at radius 3 is 2.10 bits per heavy atom. The van der Waals surface area contributed by atoms with Crippen LogP contribution in [-0.2, 0) is 12.8 Å². The lowest BCUT2D eigenvalue weighted by atomic mass is 9.68. The van der Waals surface area contributed by atoms with Crippen LogP contribution in [0.2, 0.25) is 0 Å². The highest BCUT2D eigenvalue weighted by Gasteiger charge is 2.30. The van der Waals surface area contributed by atoms with Gasteiger partial charge in [-0.1, -0.05) is 56.9 Å². The van der Waals surface area contributed by atoms with Gasteiger partial charge < -0.3 is 0 Å². The second kappa shape index (κ2) is 11.5. The van der Waals surface area contributed by atoms with Crippen LogP contribution in [0.25, 0.3) is 0 Å². The lowest BCUT2D eigenvalue weighted by Crippen LogP contribution is -2.25. The van der Waals surface area contributed by atoms with Crippen LogP contribution in [0.3, 0.4) is 0 Å². The van der Waals surface area contributed by atoms with E-state index < -0.39 is 5.83 Å². The van der Waals surface area contributed by atoms with Gasteiger partial charge in [0, 0.05) is 0 Å². The molecule has 0 radical (unpaired) electrons. The first-order valence-electron chi connectivity index (χ1n) is 12.0. The number of halogens is 1. The van der Waals surface area contributed by atoms with Gasteiger partial charge in [0.25, 0.3) is 0 Å². The summed E-state index contributed by atoms with van der Waals surface area (Å²) in [6.45, 7) is 2.21. The number of allylic oxidation sites excluding steroid dienone is 2. The first kappa shape index (κ1) is 22.1. The summed E-state index contributed by atoms with van der Waals surface area (Å²) in [5.41, 5.74) is 2.93. The monoisotopic (exact) mass is 395 g/mol. The van der Waals surface area contributed by atoms with E-state index in [0.29, 0.717) is 5.92 Å². The number of hydrogen-bond acceptors (Lipinski definition) is 1. The maximum atomic E-state index is 13.2. The molecule has 2 aliphatic carbocycles. The van der Waals surface area contributed by atoms with E-state index in [1.165, 1.54) is 75.3 Å². The van der Waals surface area contributed by atoms with Gasteiger partial charge in [-0.2, -0.15) is 9.65 Å². The van der Waals surface area contributed by atoms with Crippen LogP contribution in [0.15, 0.2) is 36.2 Å². The Kier molecular flexibility index (Phi) is 8.78. The molecule has 0 aliphatic heterocycles. The molecule has 29 heavy (non-hydrogen) atoms. The predicted octanol–water partition coefficient (Wildman–Crippen LogP) is 7.95.